The van der Waals surface area contributed by atoms with E-state index in [2.05, 4.69) is 18.8 Å². The molecule has 0 fully saturated rings. The second-order valence-corrected chi connectivity index (χ2v) is 4.48. The molecule has 1 atom stereocenters. The van der Waals surface area contributed by atoms with E-state index in [0.717, 1.165) is 17.4 Å². The van der Waals surface area contributed by atoms with E-state index in [1.165, 1.54) is 0 Å². The predicted molar refractivity (Wildman–Crippen MR) is 55.4 cm³/mol. The molecule has 0 spiro atoms. The molecule has 3 heteroatoms. The van der Waals surface area contributed by atoms with Crippen LogP contribution in [0.1, 0.15) is 18.7 Å². The summed E-state index contributed by atoms with van der Waals surface area (Å²) in [6, 6.07) is 4.41. The topological polar surface area (TPSA) is 21.6 Å². The first-order valence-electron chi connectivity index (χ1n) is 4.52. The molecule has 70 valence electrons. The van der Waals surface area contributed by atoms with Gasteiger partial charge in [0.05, 0.1) is 10.9 Å². The minimum atomic E-state index is 0.345. The summed E-state index contributed by atoms with van der Waals surface area (Å²) in [5.41, 5.74) is 0. The van der Waals surface area contributed by atoms with Crippen molar-refractivity contribution in [2.24, 2.45) is 10.9 Å². The van der Waals surface area contributed by atoms with Crippen molar-refractivity contribution >= 4 is 17.2 Å². The minimum absolute atomic E-state index is 0.345. The summed E-state index contributed by atoms with van der Waals surface area (Å²) in [7, 11) is 0. The van der Waals surface area contributed by atoms with Crippen molar-refractivity contribution in [2.75, 3.05) is 6.61 Å². The molecule has 2 rings (SSSR count). The average molecular weight is 195 g/mol. The van der Waals surface area contributed by atoms with Crippen LogP contribution in [0.15, 0.2) is 22.5 Å². The Labute approximate surface area is 82.3 Å². The van der Waals surface area contributed by atoms with Crippen LogP contribution in [0, 0.1) is 5.92 Å². The SMILES string of the molecule is CC(C)[C@@H]1COC(c2cccs2)=N1. The second-order valence-electron chi connectivity index (χ2n) is 3.53. The maximum atomic E-state index is 5.53. The van der Waals surface area contributed by atoms with Gasteiger partial charge in [-0.1, -0.05) is 19.9 Å². The van der Waals surface area contributed by atoms with Gasteiger partial charge in [-0.05, 0) is 17.4 Å². The molecule has 0 radical (unpaired) electrons. The van der Waals surface area contributed by atoms with Gasteiger partial charge in [-0.3, -0.25) is 0 Å². The summed E-state index contributed by atoms with van der Waals surface area (Å²) >= 11 is 1.68. The highest BCUT2D eigenvalue weighted by Crippen LogP contribution is 2.19. The lowest BCUT2D eigenvalue weighted by molar-refractivity contribution is 0.292. The van der Waals surface area contributed by atoms with E-state index in [1.807, 2.05) is 17.5 Å². The van der Waals surface area contributed by atoms with Crippen LogP contribution in [0.4, 0.5) is 0 Å². The monoisotopic (exact) mass is 195 g/mol. The standard InChI is InChI=1S/C10H13NOS/c1-7(2)8-6-12-10(11-8)9-4-3-5-13-9/h3-5,7-8H,6H2,1-2H3/t8-/m0/s1. The highest BCUT2D eigenvalue weighted by atomic mass is 32.1. The molecule has 0 N–H and O–H groups in total. The molecule has 0 amide bonds. The number of rotatable bonds is 2. The van der Waals surface area contributed by atoms with Crippen molar-refractivity contribution in [1.82, 2.24) is 0 Å². The van der Waals surface area contributed by atoms with E-state index in [0.29, 0.717) is 12.0 Å². The van der Waals surface area contributed by atoms with E-state index in [4.69, 9.17) is 4.74 Å². The first-order chi connectivity index (χ1) is 6.27. The van der Waals surface area contributed by atoms with E-state index in [1.54, 1.807) is 11.3 Å². The van der Waals surface area contributed by atoms with Crippen molar-refractivity contribution in [3.05, 3.63) is 22.4 Å². The van der Waals surface area contributed by atoms with Crippen LogP contribution >= 0.6 is 11.3 Å². The summed E-state index contributed by atoms with van der Waals surface area (Å²) < 4.78 is 5.53. The summed E-state index contributed by atoms with van der Waals surface area (Å²) in [6.07, 6.45) is 0. The lowest BCUT2D eigenvalue weighted by Gasteiger charge is -2.06. The van der Waals surface area contributed by atoms with Crippen LogP contribution in [-0.4, -0.2) is 18.5 Å². The molecule has 0 unspecified atom stereocenters. The largest absolute Gasteiger partial charge is 0.475 e. The highest BCUT2D eigenvalue weighted by Gasteiger charge is 2.22. The molecule has 0 saturated heterocycles. The highest BCUT2D eigenvalue weighted by molar-refractivity contribution is 7.12. The molecular formula is C10H13NOS. The first-order valence-corrected chi connectivity index (χ1v) is 5.40. The van der Waals surface area contributed by atoms with Crippen molar-refractivity contribution < 1.29 is 4.74 Å². The van der Waals surface area contributed by atoms with Gasteiger partial charge < -0.3 is 4.74 Å². The number of hydrogen-bond donors (Lipinski definition) is 0. The predicted octanol–water partition coefficient (Wildman–Crippen LogP) is 2.55. The maximum absolute atomic E-state index is 5.53. The van der Waals surface area contributed by atoms with E-state index in [-0.39, 0.29) is 0 Å². The summed E-state index contributed by atoms with van der Waals surface area (Å²) in [6.45, 7) is 5.09. The molecule has 0 aromatic carbocycles. The van der Waals surface area contributed by atoms with Crippen molar-refractivity contribution in [2.45, 2.75) is 19.9 Å². The zero-order valence-corrected chi connectivity index (χ0v) is 8.67. The molecule has 2 heterocycles. The third-order valence-electron chi connectivity index (χ3n) is 2.18. The van der Waals surface area contributed by atoms with Gasteiger partial charge in [-0.15, -0.1) is 11.3 Å². The smallest absolute Gasteiger partial charge is 0.226 e. The fourth-order valence-electron chi connectivity index (χ4n) is 1.27. The average Bonchev–Trinajstić information content (AvgIpc) is 2.75. The Morgan fingerprint density at radius 3 is 3.00 bits per heavy atom. The number of nitrogens with zero attached hydrogens (tertiary/aromatic N) is 1. The molecule has 0 aliphatic carbocycles. The zero-order valence-electron chi connectivity index (χ0n) is 7.86. The van der Waals surface area contributed by atoms with Gasteiger partial charge in [0.1, 0.15) is 6.61 Å². The number of ether oxygens (including phenoxy) is 1. The van der Waals surface area contributed by atoms with Gasteiger partial charge >= 0.3 is 0 Å². The summed E-state index contributed by atoms with van der Waals surface area (Å²) in [5, 5.41) is 2.05. The molecule has 1 aliphatic heterocycles. The van der Waals surface area contributed by atoms with Gasteiger partial charge in [-0.25, -0.2) is 4.99 Å². The normalized spacial score (nSPS) is 21.8. The van der Waals surface area contributed by atoms with E-state index in [9.17, 15) is 0 Å². The van der Waals surface area contributed by atoms with E-state index >= 15 is 0 Å². The van der Waals surface area contributed by atoms with Gasteiger partial charge in [0, 0.05) is 0 Å². The molecule has 0 bridgehead atoms. The van der Waals surface area contributed by atoms with Crippen LogP contribution in [0.2, 0.25) is 0 Å². The molecule has 1 aliphatic rings. The Morgan fingerprint density at radius 1 is 1.62 bits per heavy atom. The maximum Gasteiger partial charge on any atom is 0.226 e. The molecule has 1 aromatic rings. The summed E-state index contributed by atoms with van der Waals surface area (Å²) in [4.78, 5) is 5.68. The molecule has 1 aromatic heterocycles. The Morgan fingerprint density at radius 2 is 2.46 bits per heavy atom. The second kappa shape index (κ2) is 3.50. The van der Waals surface area contributed by atoms with Gasteiger partial charge in [-0.2, -0.15) is 0 Å². The summed E-state index contributed by atoms with van der Waals surface area (Å²) in [5.74, 6) is 1.39. The van der Waals surface area contributed by atoms with Crippen LogP contribution < -0.4 is 0 Å². The molecular weight excluding hydrogens is 182 g/mol. The van der Waals surface area contributed by atoms with Crippen molar-refractivity contribution in [3.8, 4) is 0 Å². The van der Waals surface area contributed by atoms with Crippen molar-refractivity contribution in [3.63, 3.8) is 0 Å². The fourth-order valence-corrected chi connectivity index (χ4v) is 1.94. The number of hydrogen-bond acceptors (Lipinski definition) is 3. The molecule has 0 saturated carbocycles. The quantitative estimate of drug-likeness (QED) is 0.710. The van der Waals surface area contributed by atoms with E-state index < -0.39 is 0 Å². The lowest BCUT2D eigenvalue weighted by atomic mass is 10.1. The Balaban J connectivity index is 2.15. The Hall–Kier alpha value is -0.830. The Bertz CT molecular complexity index is 303. The van der Waals surface area contributed by atoms with Crippen LogP contribution in [0.3, 0.4) is 0 Å². The van der Waals surface area contributed by atoms with Crippen LogP contribution in [0.25, 0.3) is 0 Å². The van der Waals surface area contributed by atoms with Crippen molar-refractivity contribution in [1.29, 1.82) is 0 Å². The van der Waals surface area contributed by atoms with Gasteiger partial charge in [0.2, 0.25) is 5.90 Å². The third-order valence-corrected chi connectivity index (χ3v) is 3.03. The fraction of sp³-hybridized carbons (Fsp3) is 0.500. The first kappa shape index (κ1) is 8.75. The Kier molecular flexibility index (Phi) is 2.36. The zero-order chi connectivity index (χ0) is 9.26. The number of aliphatic imine (C=N–C) groups is 1. The number of thiophene rings is 1. The molecule has 13 heavy (non-hydrogen) atoms. The van der Waals surface area contributed by atoms with Crippen LogP contribution in [0.5, 0.6) is 0 Å². The van der Waals surface area contributed by atoms with Gasteiger partial charge in [0.25, 0.3) is 0 Å². The minimum Gasteiger partial charge on any atom is -0.475 e. The van der Waals surface area contributed by atoms with Gasteiger partial charge in [0.15, 0.2) is 0 Å². The lowest BCUT2D eigenvalue weighted by Crippen LogP contribution is -2.13. The van der Waals surface area contributed by atoms with Crippen LogP contribution in [-0.2, 0) is 4.74 Å². The third kappa shape index (κ3) is 1.75. The molecule has 2 nitrogen and oxygen atoms in total.